The maximum Gasteiger partial charge on any atom is 0.277 e. The highest BCUT2D eigenvalue weighted by Gasteiger charge is 2.23. The lowest BCUT2D eigenvalue weighted by Gasteiger charge is -2.36. The molecule has 3 rings (SSSR count). The van der Waals surface area contributed by atoms with Crippen molar-refractivity contribution in [2.24, 2.45) is 0 Å². The number of nitrogens with zero attached hydrogens (tertiary/aromatic N) is 4. The monoisotopic (exact) mass is 282 g/mol. The number of hydrazine groups is 1. The van der Waals surface area contributed by atoms with Gasteiger partial charge in [0.2, 0.25) is 0 Å². The summed E-state index contributed by atoms with van der Waals surface area (Å²) in [7, 11) is 0. The van der Waals surface area contributed by atoms with Crippen molar-refractivity contribution in [1.29, 1.82) is 5.26 Å². The topological polar surface area (TPSA) is 73.4 Å². The Morgan fingerprint density at radius 3 is 2.52 bits per heavy atom. The summed E-state index contributed by atoms with van der Waals surface area (Å²) in [4.78, 5) is 10.8. The minimum absolute atomic E-state index is 0.0925. The van der Waals surface area contributed by atoms with Crippen LogP contribution in [-0.4, -0.2) is 23.0 Å². The first-order chi connectivity index (χ1) is 10.2. The van der Waals surface area contributed by atoms with Crippen LogP contribution in [0.3, 0.4) is 0 Å². The Balaban J connectivity index is 2.18. The van der Waals surface area contributed by atoms with Gasteiger partial charge in [0, 0.05) is 18.0 Å². The van der Waals surface area contributed by atoms with Gasteiger partial charge in [-0.3, -0.25) is 15.1 Å². The van der Waals surface area contributed by atoms with Gasteiger partial charge in [-0.25, -0.2) is 5.01 Å². The predicted molar refractivity (Wildman–Crippen MR) is 79.5 cm³/mol. The first kappa shape index (κ1) is 13.2. The van der Waals surface area contributed by atoms with Crippen LogP contribution in [0.2, 0.25) is 0 Å². The molecule has 6 heteroatoms. The summed E-state index contributed by atoms with van der Waals surface area (Å²) in [5, 5.41) is 25.4. The zero-order valence-electron chi connectivity index (χ0n) is 11.4. The molecule has 1 saturated heterocycles. The van der Waals surface area contributed by atoms with Gasteiger partial charge in [0.15, 0.2) is 6.19 Å². The van der Waals surface area contributed by atoms with Crippen molar-refractivity contribution in [3.63, 3.8) is 0 Å². The lowest BCUT2D eigenvalue weighted by Crippen LogP contribution is -2.44. The van der Waals surface area contributed by atoms with Gasteiger partial charge in [-0.1, -0.05) is 18.2 Å². The molecule has 0 aromatic heterocycles. The van der Waals surface area contributed by atoms with Crippen molar-refractivity contribution in [1.82, 2.24) is 5.01 Å². The Hall–Kier alpha value is -2.81. The van der Waals surface area contributed by atoms with Crippen LogP contribution in [0.25, 0.3) is 10.8 Å². The first-order valence-corrected chi connectivity index (χ1v) is 6.83. The third-order valence-corrected chi connectivity index (χ3v) is 3.75. The molecule has 0 aliphatic carbocycles. The van der Waals surface area contributed by atoms with E-state index in [4.69, 9.17) is 0 Å². The van der Waals surface area contributed by atoms with E-state index in [0.717, 1.165) is 30.5 Å². The van der Waals surface area contributed by atoms with Crippen LogP contribution in [0, 0.1) is 21.6 Å². The Kier molecular flexibility index (Phi) is 3.32. The third-order valence-electron chi connectivity index (χ3n) is 3.75. The fraction of sp³-hybridized carbons (Fsp3) is 0.267. The van der Waals surface area contributed by atoms with E-state index < -0.39 is 0 Å². The largest absolute Gasteiger partial charge is 0.277 e. The van der Waals surface area contributed by atoms with Crippen LogP contribution in [0.15, 0.2) is 36.4 Å². The summed E-state index contributed by atoms with van der Waals surface area (Å²) in [5.74, 6) is 0. The lowest BCUT2D eigenvalue weighted by molar-refractivity contribution is -0.383. The molecule has 0 amide bonds. The molecule has 0 unspecified atom stereocenters. The normalized spacial score (nSPS) is 15.0. The van der Waals surface area contributed by atoms with Crippen LogP contribution in [0.4, 0.5) is 11.4 Å². The number of non-ortho nitro benzene ring substituents is 1. The average Bonchev–Trinajstić information content (AvgIpc) is 2.53. The Morgan fingerprint density at radius 2 is 1.81 bits per heavy atom. The number of anilines is 1. The molecule has 0 atom stereocenters. The quantitative estimate of drug-likeness (QED) is 0.481. The zero-order valence-corrected chi connectivity index (χ0v) is 11.4. The maximum absolute atomic E-state index is 11.2. The molecule has 21 heavy (non-hydrogen) atoms. The Morgan fingerprint density at radius 1 is 1.10 bits per heavy atom. The second-order valence-corrected chi connectivity index (χ2v) is 4.96. The smallest absolute Gasteiger partial charge is 0.276 e. The summed E-state index contributed by atoms with van der Waals surface area (Å²) < 4.78 is 0. The van der Waals surface area contributed by atoms with Gasteiger partial charge in [0.25, 0.3) is 5.69 Å². The number of hydrogen-bond donors (Lipinski definition) is 0. The number of nitro benzene ring substituents is 1. The molecule has 1 fully saturated rings. The summed E-state index contributed by atoms with van der Waals surface area (Å²) in [6, 6.07) is 10.5. The van der Waals surface area contributed by atoms with Gasteiger partial charge in [-0.15, -0.1) is 0 Å². The van der Waals surface area contributed by atoms with Crippen LogP contribution in [0.1, 0.15) is 12.8 Å². The minimum atomic E-state index is -0.371. The van der Waals surface area contributed by atoms with Crippen molar-refractivity contribution in [2.45, 2.75) is 12.8 Å². The molecule has 1 aliphatic rings. The highest BCUT2D eigenvalue weighted by molar-refractivity contribution is 5.99. The van der Waals surface area contributed by atoms with Gasteiger partial charge in [0.1, 0.15) is 0 Å². The summed E-state index contributed by atoms with van der Waals surface area (Å²) >= 11 is 0. The number of rotatable bonds is 2. The highest BCUT2D eigenvalue weighted by Crippen LogP contribution is 2.34. The number of nitriles is 1. The summed E-state index contributed by atoms with van der Waals surface area (Å²) in [5.41, 5.74) is 0.937. The van der Waals surface area contributed by atoms with Crippen LogP contribution in [-0.2, 0) is 0 Å². The van der Waals surface area contributed by atoms with Crippen LogP contribution >= 0.6 is 0 Å². The fourth-order valence-electron chi connectivity index (χ4n) is 2.77. The lowest BCUT2D eigenvalue weighted by atomic mass is 10.1. The van der Waals surface area contributed by atoms with Crippen LogP contribution < -0.4 is 5.01 Å². The first-order valence-electron chi connectivity index (χ1n) is 6.83. The van der Waals surface area contributed by atoms with Gasteiger partial charge in [-0.2, -0.15) is 5.26 Å². The van der Waals surface area contributed by atoms with Gasteiger partial charge in [0.05, 0.1) is 22.5 Å². The average molecular weight is 282 g/mol. The van der Waals surface area contributed by atoms with Crippen molar-refractivity contribution in [3.05, 3.63) is 46.5 Å². The molecular formula is C15H14N4O2. The standard InChI is InChI=1S/C15H14N4O2/c16-11-17-9-3-4-10-18(17)14-7-8-15(19(20)21)13-6-2-1-5-12(13)14/h1-2,5-8H,3-4,9-10H2. The molecule has 0 radical (unpaired) electrons. The fourth-order valence-corrected chi connectivity index (χ4v) is 2.77. The van der Waals surface area contributed by atoms with E-state index in [0.29, 0.717) is 11.9 Å². The predicted octanol–water partition coefficient (Wildman–Crippen LogP) is 3.05. The van der Waals surface area contributed by atoms with Crippen molar-refractivity contribution in [3.8, 4) is 6.19 Å². The minimum Gasteiger partial charge on any atom is -0.276 e. The molecule has 0 spiro atoms. The maximum atomic E-state index is 11.2. The van der Waals surface area contributed by atoms with E-state index in [1.165, 1.54) is 6.07 Å². The second-order valence-electron chi connectivity index (χ2n) is 4.96. The molecule has 106 valence electrons. The van der Waals surface area contributed by atoms with E-state index in [2.05, 4.69) is 6.19 Å². The number of fused-ring (bicyclic) bond motifs is 1. The molecule has 6 nitrogen and oxygen atoms in total. The molecule has 0 bridgehead atoms. The Bertz CT molecular complexity index is 738. The third kappa shape index (κ3) is 2.23. The van der Waals surface area contributed by atoms with E-state index >= 15 is 0 Å². The van der Waals surface area contributed by atoms with Gasteiger partial charge in [-0.05, 0) is 25.0 Å². The molecule has 0 N–H and O–H groups in total. The van der Waals surface area contributed by atoms with Gasteiger partial charge >= 0.3 is 0 Å². The molecular weight excluding hydrogens is 268 g/mol. The highest BCUT2D eigenvalue weighted by atomic mass is 16.6. The van der Waals surface area contributed by atoms with E-state index in [1.54, 1.807) is 23.2 Å². The van der Waals surface area contributed by atoms with Crippen molar-refractivity contribution < 1.29 is 4.92 Å². The number of nitro groups is 1. The molecule has 2 aromatic carbocycles. The molecule has 1 heterocycles. The van der Waals surface area contributed by atoms with E-state index in [9.17, 15) is 15.4 Å². The van der Waals surface area contributed by atoms with Crippen molar-refractivity contribution >= 4 is 22.1 Å². The van der Waals surface area contributed by atoms with Crippen molar-refractivity contribution in [2.75, 3.05) is 18.1 Å². The van der Waals surface area contributed by atoms with E-state index in [-0.39, 0.29) is 10.6 Å². The number of benzene rings is 2. The molecule has 1 aliphatic heterocycles. The zero-order chi connectivity index (χ0) is 14.8. The summed E-state index contributed by atoms with van der Waals surface area (Å²) in [6.07, 6.45) is 4.16. The van der Waals surface area contributed by atoms with Crippen LogP contribution in [0.5, 0.6) is 0 Å². The van der Waals surface area contributed by atoms with Gasteiger partial charge < -0.3 is 0 Å². The Labute approximate surface area is 121 Å². The second kappa shape index (κ2) is 5.29. The number of hydrogen-bond acceptors (Lipinski definition) is 5. The molecule has 2 aromatic rings. The summed E-state index contributed by atoms with van der Waals surface area (Å²) in [6.45, 7) is 1.43. The molecule has 0 saturated carbocycles. The van der Waals surface area contributed by atoms with E-state index in [1.807, 2.05) is 17.1 Å². The SMILES string of the molecule is N#CN1CCCCN1c1ccc([N+](=O)[O-])c2ccccc12.